The normalized spacial score (nSPS) is 17.3. The lowest BCUT2D eigenvalue weighted by atomic mass is 9.78. The van der Waals surface area contributed by atoms with E-state index in [-0.39, 0.29) is 5.76 Å². The van der Waals surface area contributed by atoms with Gasteiger partial charge >= 0.3 is 11.9 Å². The summed E-state index contributed by atoms with van der Waals surface area (Å²) in [5.41, 5.74) is -0.943. The van der Waals surface area contributed by atoms with Gasteiger partial charge in [0.1, 0.15) is 5.76 Å². The Morgan fingerprint density at radius 2 is 1.63 bits per heavy atom. The number of carboxylic acid groups (broad SMARTS) is 2. The average molecular weight is 260 g/mol. The Bertz CT molecular complexity index is 569. The minimum absolute atomic E-state index is 0.237. The molecule has 0 aromatic heterocycles. The molecule has 3 N–H and O–H groups in total. The standard InChI is InChI=1S/C14H12O5/c15-11-8-14(12(16)17,13(18)19)7-6-10(11)9-4-2-1-3-5-9/h1-7,15H,8H2,(H,16,17)(H,18,19). The number of aliphatic hydroxyl groups excluding tert-OH is 1. The van der Waals surface area contributed by atoms with Crippen molar-refractivity contribution in [3.63, 3.8) is 0 Å². The van der Waals surface area contributed by atoms with E-state index in [1.165, 1.54) is 6.08 Å². The summed E-state index contributed by atoms with van der Waals surface area (Å²) in [5.74, 6) is -3.22. The Balaban J connectivity index is 2.43. The molecule has 0 atom stereocenters. The van der Waals surface area contributed by atoms with Crippen LogP contribution in [0, 0.1) is 5.41 Å². The maximum absolute atomic E-state index is 11.1. The highest BCUT2D eigenvalue weighted by Crippen LogP contribution is 2.37. The van der Waals surface area contributed by atoms with Crippen molar-refractivity contribution in [3.8, 4) is 0 Å². The first-order valence-electron chi connectivity index (χ1n) is 5.61. The molecule has 1 aromatic carbocycles. The second-order valence-electron chi connectivity index (χ2n) is 4.32. The molecule has 19 heavy (non-hydrogen) atoms. The van der Waals surface area contributed by atoms with Crippen LogP contribution in [0.1, 0.15) is 12.0 Å². The molecule has 1 aromatic rings. The fourth-order valence-corrected chi connectivity index (χ4v) is 2.01. The van der Waals surface area contributed by atoms with Gasteiger partial charge in [-0.05, 0) is 5.56 Å². The van der Waals surface area contributed by atoms with Crippen LogP contribution in [-0.4, -0.2) is 27.3 Å². The van der Waals surface area contributed by atoms with E-state index in [1.54, 1.807) is 24.3 Å². The van der Waals surface area contributed by atoms with E-state index in [9.17, 15) is 14.7 Å². The van der Waals surface area contributed by atoms with Gasteiger partial charge in [0.2, 0.25) is 0 Å². The van der Waals surface area contributed by atoms with Crippen LogP contribution in [0.25, 0.3) is 5.57 Å². The summed E-state index contributed by atoms with van der Waals surface area (Å²) < 4.78 is 0. The SMILES string of the molecule is O=C(O)C1(C(=O)O)C=CC(c2ccccc2)=C(O)C1. The third-order valence-electron chi connectivity index (χ3n) is 3.14. The molecule has 0 saturated heterocycles. The summed E-state index contributed by atoms with van der Waals surface area (Å²) in [4.78, 5) is 22.3. The maximum Gasteiger partial charge on any atom is 0.325 e. The zero-order valence-corrected chi connectivity index (χ0v) is 9.91. The predicted molar refractivity (Wildman–Crippen MR) is 67.5 cm³/mol. The monoisotopic (exact) mass is 260 g/mol. The molecule has 0 bridgehead atoms. The highest BCUT2D eigenvalue weighted by atomic mass is 16.4. The zero-order chi connectivity index (χ0) is 14.0. The van der Waals surface area contributed by atoms with Crippen LogP contribution < -0.4 is 0 Å². The van der Waals surface area contributed by atoms with Crippen LogP contribution in [0.5, 0.6) is 0 Å². The van der Waals surface area contributed by atoms with Crippen molar-refractivity contribution < 1.29 is 24.9 Å². The van der Waals surface area contributed by atoms with E-state index in [1.807, 2.05) is 6.07 Å². The molecule has 5 heteroatoms. The lowest BCUT2D eigenvalue weighted by molar-refractivity contribution is -0.161. The van der Waals surface area contributed by atoms with Crippen LogP contribution in [0.3, 0.4) is 0 Å². The van der Waals surface area contributed by atoms with Gasteiger partial charge < -0.3 is 15.3 Å². The fourth-order valence-electron chi connectivity index (χ4n) is 2.01. The molecule has 0 fully saturated rings. The summed E-state index contributed by atoms with van der Waals surface area (Å²) in [6.07, 6.45) is 1.99. The third kappa shape index (κ3) is 2.10. The van der Waals surface area contributed by atoms with Crippen LogP contribution >= 0.6 is 0 Å². The number of aliphatic hydroxyl groups is 1. The first-order chi connectivity index (χ1) is 8.97. The first kappa shape index (κ1) is 12.9. The highest BCUT2D eigenvalue weighted by molar-refractivity contribution is 6.02. The molecule has 1 aliphatic rings. The van der Waals surface area contributed by atoms with Gasteiger partial charge in [-0.15, -0.1) is 0 Å². The van der Waals surface area contributed by atoms with Gasteiger partial charge in [-0.3, -0.25) is 9.59 Å². The number of benzene rings is 1. The number of hydrogen-bond acceptors (Lipinski definition) is 3. The number of carbonyl (C=O) groups is 2. The fraction of sp³-hybridized carbons (Fsp3) is 0.143. The summed E-state index contributed by atoms with van der Waals surface area (Å²) in [6.45, 7) is 0. The van der Waals surface area contributed by atoms with Gasteiger partial charge in [0.25, 0.3) is 0 Å². The van der Waals surface area contributed by atoms with Crippen molar-refractivity contribution in [2.24, 2.45) is 5.41 Å². The van der Waals surface area contributed by atoms with Gasteiger partial charge in [-0.2, -0.15) is 0 Å². The van der Waals surface area contributed by atoms with E-state index in [4.69, 9.17) is 10.2 Å². The quantitative estimate of drug-likeness (QED) is 0.723. The van der Waals surface area contributed by atoms with Crippen molar-refractivity contribution in [2.45, 2.75) is 6.42 Å². The molecule has 5 nitrogen and oxygen atoms in total. The average Bonchev–Trinajstić information content (AvgIpc) is 2.39. The van der Waals surface area contributed by atoms with Crippen LogP contribution in [0.2, 0.25) is 0 Å². The van der Waals surface area contributed by atoms with Crippen molar-refractivity contribution in [1.29, 1.82) is 0 Å². The molecule has 98 valence electrons. The van der Waals surface area contributed by atoms with Gasteiger partial charge in [-0.25, -0.2) is 0 Å². The van der Waals surface area contributed by atoms with Crippen LogP contribution in [0.15, 0.2) is 48.2 Å². The summed E-state index contributed by atoms with van der Waals surface area (Å²) in [6, 6.07) is 8.88. The smallest absolute Gasteiger partial charge is 0.325 e. The molecule has 0 heterocycles. The van der Waals surface area contributed by atoms with Crippen molar-refractivity contribution >= 4 is 17.5 Å². The minimum atomic E-state index is -2.09. The molecule has 0 amide bonds. The largest absolute Gasteiger partial charge is 0.512 e. The Morgan fingerprint density at radius 3 is 2.11 bits per heavy atom. The summed E-state index contributed by atoms with van der Waals surface area (Å²) in [5, 5.41) is 28.1. The first-order valence-corrected chi connectivity index (χ1v) is 5.61. The minimum Gasteiger partial charge on any atom is -0.512 e. The predicted octanol–water partition coefficient (Wildman–Crippen LogP) is 2.07. The molecule has 0 spiro atoms. The number of allylic oxidation sites excluding steroid dienone is 3. The topological polar surface area (TPSA) is 94.8 Å². The summed E-state index contributed by atoms with van der Waals surface area (Å²) in [7, 11) is 0. The molecule has 2 rings (SSSR count). The third-order valence-corrected chi connectivity index (χ3v) is 3.14. The summed E-state index contributed by atoms with van der Waals surface area (Å²) >= 11 is 0. The van der Waals surface area contributed by atoms with Crippen molar-refractivity contribution in [3.05, 3.63) is 53.8 Å². The molecule has 0 saturated carbocycles. The second kappa shape index (κ2) is 4.61. The van der Waals surface area contributed by atoms with E-state index >= 15 is 0 Å². The highest BCUT2D eigenvalue weighted by Gasteiger charge is 2.47. The zero-order valence-electron chi connectivity index (χ0n) is 9.91. The number of rotatable bonds is 3. The van der Waals surface area contributed by atoms with Gasteiger partial charge in [0, 0.05) is 12.0 Å². The van der Waals surface area contributed by atoms with Crippen LogP contribution in [-0.2, 0) is 9.59 Å². The number of carboxylic acids is 2. The second-order valence-corrected chi connectivity index (χ2v) is 4.32. The van der Waals surface area contributed by atoms with Crippen molar-refractivity contribution in [2.75, 3.05) is 0 Å². The Labute approximate surface area is 109 Å². The van der Waals surface area contributed by atoms with E-state index in [0.29, 0.717) is 11.1 Å². The van der Waals surface area contributed by atoms with E-state index < -0.39 is 23.8 Å². The molecular weight excluding hydrogens is 248 g/mol. The molecular formula is C14H12O5. The lowest BCUT2D eigenvalue weighted by Gasteiger charge is -2.25. The number of hydrogen-bond donors (Lipinski definition) is 3. The molecule has 0 aliphatic heterocycles. The van der Waals surface area contributed by atoms with Gasteiger partial charge in [0.05, 0.1) is 0 Å². The molecule has 0 radical (unpaired) electrons. The maximum atomic E-state index is 11.1. The van der Waals surface area contributed by atoms with Crippen LogP contribution in [0.4, 0.5) is 0 Å². The van der Waals surface area contributed by atoms with E-state index in [0.717, 1.165) is 6.08 Å². The molecule has 0 unspecified atom stereocenters. The number of aliphatic carboxylic acids is 2. The Morgan fingerprint density at radius 1 is 1.05 bits per heavy atom. The van der Waals surface area contributed by atoms with Crippen molar-refractivity contribution in [1.82, 2.24) is 0 Å². The Hall–Kier alpha value is -2.56. The van der Waals surface area contributed by atoms with Gasteiger partial charge in [0.15, 0.2) is 5.41 Å². The molecule has 1 aliphatic carbocycles. The van der Waals surface area contributed by atoms with Gasteiger partial charge in [-0.1, -0.05) is 42.5 Å². The Kier molecular flexibility index (Phi) is 3.12. The lowest BCUT2D eigenvalue weighted by Crippen LogP contribution is -2.39. The van der Waals surface area contributed by atoms with E-state index in [2.05, 4.69) is 0 Å².